The van der Waals surface area contributed by atoms with Gasteiger partial charge in [-0.1, -0.05) is 37.3 Å². The van der Waals surface area contributed by atoms with Gasteiger partial charge in [0.1, 0.15) is 6.73 Å². The van der Waals surface area contributed by atoms with Crippen LogP contribution in [0.15, 0.2) is 46.1 Å². The Hall–Kier alpha value is -2.14. The number of aromatic amines is 1. The predicted octanol–water partition coefficient (Wildman–Crippen LogP) is 1.27. The maximum absolute atomic E-state index is 11.6. The molecule has 2 aromatic rings. The van der Waals surface area contributed by atoms with Crippen LogP contribution < -0.4 is 11.2 Å². The lowest BCUT2D eigenvalue weighted by molar-refractivity contribution is 0.0606. The van der Waals surface area contributed by atoms with Crippen molar-refractivity contribution < 1.29 is 4.74 Å². The molecule has 0 saturated heterocycles. The monoisotopic (exact) mass is 260 g/mol. The van der Waals surface area contributed by atoms with Gasteiger partial charge in [-0.3, -0.25) is 14.3 Å². The molecule has 0 aliphatic heterocycles. The molecule has 0 bridgehead atoms. The van der Waals surface area contributed by atoms with Crippen molar-refractivity contribution in [3.63, 3.8) is 0 Å². The van der Waals surface area contributed by atoms with Gasteiger partial charge in [0.15, 0.2) is 0 Å². The van der Waals surface area contributed by atoms with Gasteiger partial charge in [0, 0.05) is 11.8 Å². The minimum atomic E-state index is -0.449. The topological polar surface area (TPSA) is 64.1 Å². The van der Waals surface area contributed by atoms with Crippen LogP contribution in [0, 0.1) is 0 Å². The fraction of sp³-hybridized carbons (Fsp3) is 0.286. The molecule has 19 heavy (non-hydrogen) atoms. The summed E-state index contributed by atoms with van der Waals surface area (Å²) in [6.45, 7) is 2.41. The van der Waals surface area contributed by atoms with Crippen LogP contribution in [0.3, 0.4) is 0 Å². The van der Waals surface area contributed by atoms with Gasteiger partial charge in [-0.05, 0) is 12.0 Å². The molecule has 0 radical (unpaired) electrons. The molecule has 0 saturated carbocycles. The third-order valence-corrected chi connectivity index (χ3v) is 2.81. The van der Waals surface area contributed by atoms with E-state index in [1.54, 1.807) is 6.20 Å². The molecule has 100 valence electrons. The first-order chi connectivity index (χ1) is 9.20. The molecule has 5 heteroatoms. The summed E-state index contributed by atoms with van der Waals surface area (Å²) < 4.78 is 6.83. The highest BCUT2D eigenvalue weighted by molar-refractivity contribution is 5.13. The Morgan fingerprint density at radius 3 is 2.63 bits per heavy atom. The number of nitrogens with zero attached hydrogens (tertiary/aromatic N) is 1. The average molecular weight is 260 g/mol. The molecule has 1 aromatic heterocycles. The highest BCUT2D eigenvalue weighted by Gasteiger charge is 2.02. The number of hydrogen-bond donors (Lipinski definition) is 1. The van der Waals surface area contributed by atoms with Crippen LogP contribution in [0.1, 0.15) is 18.1 Å². The summed E-state index contributed by atoms with van der Waals surface area (Å²) in [5.74, 6) is 0. The fourth-order valence-electron chi connectivity index (χ4n) is 1.74. The molecule has 0 atom stereocenters. The SMILES string of the molecule is CCc1cn(COCc2ccccc2)c(=O)[nH]c1=O. The first-order valence-corrected chi connectivity index (χ1v) is 6.15. The van der Waals surface area contributed by atoms with E-state index in [2.05, 4.69) is 4.98 Å². The van der Waals surface area contributed by atoms with Crippen LogP contribution in [0.2, 0.25) is 0 Å². The molecule has 2 rings (SSSR count). The third-order valence-electron chi connectivity index (χ3n) is 2.81. The van der Waals surface area contributed by atoms with Crippen LogP contribution in [0.4, 0.5) is 0 Å². The van der Waals surface area contributed by atoms with Gasteiger partial charge in [-0.2, -0.15) is 0 Å². The average Bonchev–Trinajstić information content (AvgIpc) is 2.42. The molecule has 0 amide bonds. The summed E-state index contributed by atoms with van der Waals surface area (Å²) in [4.78, 5) is 25.3. The van der Waals surface area contributed by atoms with E-state index in [-0.39, 0.29) is 12.3 Å². The second-order valence-electron chi connectivity index (χ2n) is 4.20. The summed E-state index contributed by atoms with van der Waals surface area (Å²) in [7, 11) is 0. The van der Waals surface area contributed by atoms with Gasteiger partial charge in [-0.15, -0.1) is 0 Å². The zero-order chi connectivity index (χ0) is 13.7. The van der Waals surface area contributed by atoms with Gasteiger partial charge in [0.25, 0.3) is 5.56 Å². The maximum Gasteiger partial charge on any atom is 0.330 e. The summed E-state index contributed by atoms with van der Waals surface area (Å²) >= 11 is 0. The molecular weight excluding hydrogens is 244 g/mol. The number of hydrogen-bond acceptors (Lipinski definition) is 3. The molecule has 0 spiro atoms. The van der Waals surface area contributed by atoms with Gasteiger partial charge >= 0.3 is 5.69 Å². The standard InChI is InChI=1S/C14H16N2O3/c1-2-12-8-16(14(18)15-13(12)17)10-19-9-11-6-4-3-5-7-11/h3-8H,2,9-10H2,1H3,(H,15,17,18). The van der Waals surface area contributed by atoms with Crippen molar-refractivity contribution in [2.75, 3.05) is 0 Å². The van der Waals surface area contributed by atoms with Crippen LogP contribution >= 0.6 is 0 Å². The van der Waals surface area contributed by atoms with Crippen LogP contribution in [-0.4, -0.2) is 9.55 Å². The normalized spacial score (nSPS) is 10.6. The van der Waals surface area contributed by atoms with E-state index in [4.69, 9.17) is 4.74 Å². The van der Waals surface area contributed by atoms with Gasteiger partial charge in [-0.25, -0.2) is 4.79 Å². The number of benzene rings is 1. The van der Waals surface area contributed by atoms with E-state index >= 15 is 0 Å². The lowest BCUT2D eigenvalue weighted by Crippen LogP contribution is -2.32. The molecule has 1 aromatic carbocycles. The number of H-pyrrole nitrogens is 1. The smallest absolute Gasteiger partial charge is 0.330 e. The molecule has 0 fully saturated rings. The molecule has 1 N–H and O–H groups in total. The van der Waals surface area contributed by atoms with Crippen molar-refractivity contribution in [2.45, 2.75) is 26.7 Å². The van der Waals surface area contributed by atoms with E-state index in [1.165, 1.54) is 4.57 Å². The molecule has 0 aliphatic carbocycles. The molecular formula is C14H16N2O3. The Morgan fingerprint density at radius 1 is 1.21 bits per heavy atom. The van der Waals surface area contributed by atoms with E-state index in [1.807, 2.05) is 37.3 Å². The lowest BCUT2D eigenvalue weighted by atomic mass is 10.2. The van der Waals surface area contributed by atoms with E-state index in [0.717, 1.165) is 5.56 Å². The predicted molar refractivity (Wildman–Crippen MR) is 71.9 cm³/mol. The quantitative estimate of drug-likeness (QED) is 0.880. The number of rotatable bonds is 5. The van der Waals surface area contributed by atoms with Crippen molar-refractivity contribution in [3.8, 4) is 0 Å². The second-order valence-corrected chi connectivity index (χ2v) is 4.20. The maximum atomic E-state index is 11.6. The number of aromatic nitrogens is 2. The van der Waals surface area contributed by atoms with Gasteiger partial charge < -0.3 is 4.74 Å². The summed E-state index contributed by atoms with van der Waals surface area (Å²) in [5.41, 5.74) is 0.834. The number of ether oxygens (including phenoxy) is 1. The highest BCUT2D eigenvalue weighted by Crippen LogP contribution is 2.01. The molecule has 0 unspecified atom stereocenters. The van der Waals surface area contributed by atoms with Crippen molar-refractivity contribution in [3.05, 3.63) is 68.5 Å². The van der Waals surface area contributed by atoms with Crippen LogP contribution in [0.25, 0.3) is 0 Å². The Labute approximate surface area is 110 Å². The Balaban J connectivity index is 2.04. The minimum Gasteiger partial charge on any atom is -0.356 e. The van der Waals surface area contributed by atoms with E-state index in [9.17, 15) is 9.59 Å². The Kier molecular flexibility index (Phi) is 4.30. The fourth-order valence-corrected chi connectivity index (χ4v) is 1.74. The van der Waals surface area contributed by atoms with Gasteiger partial charge in [0.05, 0.1) is 6.61 Å². The summed E-state index contributed by atoms with van der Waals surface area (Å²) in [5, 5.41) is 0. The Bertz CT molecular complexity index is 644. The third kappa shape index (κ3) is 3.42. The van der Waals surface area contributed by atoms with E-state index < -0.39 is 5.69 Å². The van der Waals surface area contributed by atoms with E-state index in [0.29, 0.717) is 18.6 Å². The van der Waals surface area contributed by atoms with Crippen molar-refractivity contribution in [1.82, 2.24) is 9.55 Å². The summed E-state index contributed by atoms with van der Waals surface area (Å²) in [6.07, 6.45) is 2.13. The van der Waals surface area contributed by atoms with Crippen molar-refractivity contribution in [2.24, 2.45) is 0 Å². The molecule has 1 heterocycles. The molecule has 0 aliphatic rings. The highest BCUT2D eigenvalue weighted by atomic mass is 16.5. The first-order valence-electron chi connectivity index (χ1n) is 6.15. The second kappa shape index (κ2) is 6.15. The van der Waals surface area contributed by atoms with Crippen LogP contribution in [0.5, 0.6) is 0 Å². The zero-order valence-corrected chi connectivity index (χ0v) is 10.8. The minimum absolute atomic E-state index is 0.123. The number of nitrogens with one attached hydrogen (secondary N) is 1. The first kappa shape index (κ1) is 13.3. The molecule has 5 nitrogen and oxygen atoms in total. The lowest BCUT2D eigenvalue weighted by Gasteiger charge is -2.08. The van der Waals surface area contributed by atoms with Crippen LogP contribution in [-0.2, 0) is 24.5 Å². The van der Waals surface area contributed by atoms with Crippen molar-refractivity contribution >= 4 is 0 Å². The largest absolute Gasteiger partial charge is 0.356 e. The zero-order valence-electron chi connectivity index (χ0n) is 10.8. The van der Waals surface area contributed by atoms with Crippen molar-refractivity contribution in [1.29, 1.82) is 0 Å². The Morgan fingerprint density at radius 2 is 1.95 bits per heavy atom. The van der Waals surface area contributed by atoms with Gasteiger partial charge in [0.2, 0.25) is 0 Å². The number of aryl methyl sites for hydroxylation is 1. The summed E-state index contributed by atoms with van der Waals surface area (Å²) in [6, 6.07) is 9.70.